The molecule has 9 nitrogen and oxygen atoms in total. The number of nitrogens with two attached hydrogens (primary N) is 1. The van der Waals surface area contributed by atoms with Gasteiger partial charge in [-0.15, -0.1) is 0 Å². The smallest absolute Gasteiger partial charge is 0.323 e. The van der Waals surface area contributed by atoms with Gasteiger partial charge < -0.3 is 15.8 Å². The summed E-state index contributed by atoms with van der Waals surface area (Å²) in [7, 11) is -3.29. The topological polar surface area (TPSA) is 132 Å². The number of aromatic nitrogens is 3. The summed E-state index contributed by atoms with van der Waals surface area (Å²) in [5.74, 6) is 0.0971. The van der Waals surface area contributed by atoms with Crippen LogP contribution in [0.15, 0.2) is 0 Å². The molecule has 1 heterocycles. The van der Waals surface area contributed by atoms with Crippen molar-refractivity contribution in [2.75, 3.05) is 29.9 Å². The number of hydrogen-bond donors (Lipinski definition) is 3. The number of nitrogens with zero attached hydrogens (tertiary/aromatic N) is 3. The summed E-state index contributed by atoms with van der Waals surface area (Å²) in [4.78, 5) is 11.7. The average molecular weight is 304 g/mol. The molecule has 0 unspecified atom stereocenters. The van der Waals surface area contributed by atoms with Gasteiger partial charge >= 0.3 is 6.01 Å². The molecule has 0 atom stereocenters. The normalized spacial score (nSPS) is 11.6. The van der Waals surface area contributed by atoms with Crippen LogP contribution in [0.3, 0.4) is 0 Å². The Morgan fingerprint density at radius 3 is 2.60 bits per heavy atom. The number of nitrogen functional groups attached to an aromatic ring is 1. The highest BCUT2D eigenvalue weighted by atomic mass is 32.2. The van der Waals surface area contributed by atoms with E-state index in [-0.39, 0.29) is 36.3 Å². The van der Waals surface area contributed by atoms with Crippen LogP contribution >= 0.6 is 0 Å². The third kappa shape index (κ3) is 5.97. The molecule has 1 rings (SSSR count). The third-order valence-electron chi connectivity index (χ3n) is 1.99. The van der Waals surface area contributed by atoms with Gasteiger partial charge in [0.25, 0.3) is 0 Å². The van der Waals surface area contributed by atoms with E-state index in [2.05, 4.69) is 25.0 Å². The van der Waals surface area contributed by atoms with E-state index in [9.17, 15) is 8.42 Å². The molecular formula is C10H20N6O3S. The summed E-state index contributed by atoms with van der Waals surface area (Å²) >= 11 is 0. The van der Waals surface area contributed by atoms with Crippen molar-refractivity contribution in [2.45, 2.75) is 26.9 Å². The van der Waals surface area contributed by atoms with Gasteiger partial charge in [-0.05, 0) is 13.8 Å². The van der Waals surface area contributed by atoms with E-state index in [0.717, 1.165) is 0 Å². The molecule has 114 valence electrons. The van der Waals surface area contributed by atoms with E-state index in [1.54, 1.807) is 6.92 Å². The van der Waals surface area contributed by atoms with E-state index >= 15 is 0 Å². The first-order valence-corrected chi connectivity index (χ1v) is 7.87. The fraction of sp³-hybridized carbons (Fsp3) is 0.700. The second-order valence-electron chi connectivity index (χ2n) is 4.21. The van der Waals surface area contributed by atoms with Crippen LogP contribution in [-0.4, -0.2) is 48.3 Å². The molecule has 0 aliphatic heterocycles. The molecule has 0 aromatic carbocycles. The minimum atomic E-state index is -3.29. The molecule has 0 spiro atoms. The predicted octanol–water partition coefficient (Wildman–Crippen LogP) is -0.408. The number of hydrogen-bond acceptors (Lipinski definition) is 8. The number of rotatable bonds is 8. The van der Waals surface area contributed by atoms with Gasteiger partial charge in [-0.3, -0.25) is 0 Å². The van der Waals surface area contributed by atoms with Crippen LogP contribution in [-0.2, 0) is 10.0 Å². The Balaban J connectivity index is 2.62. The van der Waals surface area contributed by atoms with Crippen molar-refractivity contribution >= 4 is 21.9 Å². The van der Waals surface area contributed by atoms with Crippen LogP contribution < -0.4 is 20.5 Å². The monoisotopic (exact) mass is 304 g/mol. The molecule has 0 saturated carbocycles. The second-order valence-corrected chi connectivity index (χ2v) is 6.14. The molecule has 0 aliphatic rings. The zero-order valence-electron chi connectivity index (χ0n) is 11.8. The Bertz CT molecular complexity index is 534. The zero-order valence-corrected chi connectivity index (χ0v) is 12.6. The molecule has 0 aliphatic carbocycles. The summed E-state index contributed by atoms with van der Waals surface area (Å²) < 4.78 is 30.6. The van der Waals surface area contributed by atoms with Crippen LogP contribution in [0.2, 0.25) is 0 Å². The maximum absolute atomic E-state index is 11.4. The average Bonchev–Trinajstić information content (AvgIpc) is 2.26. The molecule has 20 heavy (non-hydrogen) atoms. The van der Waals surface area contributed by atoms with E-state index in [0.29, 0.717) is 6.54 Å². The third-order valence-corrected chi connectivity index (χ3v) is 3.46. The fourth-order valence-corrected chi connectivity index (χ4v) is 2.26. The second kappa shape index (κ2) is 7.20. The van der Waals surface area contributed by atoms with E-state index in [1.165, 1.54) is 0 Å². The van der Waals surface area contributed by atoms with Crippen LogP contribution in [0, 0.1) is 0 Å². The van der Waals surface area contributed by atoms with Crippen molar-refractivity contribution in [1.82, 2.24) is 19.7 Å². The highest BCUT2D eigenvalue weighted by molar-refractivity contribution is 7.89. The van der Waals surface area contributed by atoms with Crippen LogP contribution in [0.4, 0.5) is 11.9 Å². The molecular weight excluding hydrogens is 284 g/mol. The number of nitrogens with one attached hydrogen (secondary N) is 2. The minimum Gasteiger partial charge on any atom is -0.461 e. The SMILES string of the molecule is CCNS(=O)(=O)CCNc1nc(N)nc(OC(C)C)n1. The predicted molar refractivity (Wildman–Crippen MR) is 76.0 cm³/mol. The number of sulfonamides is 1. The first-order chi connectivity index (χ1) is 9.32. The Morgan fingerprint density at radius 2 is 2.00 bits per heavy atom. The largest absolute Gasteiger partial charge is 0.461 e. The lowest BCUT2D eigenvalue weighted by molar-refractivity contribution is 0.222. The van der Waals surface area contributed by atoms with Gasteiger partial charge in [-0.25, -0.2) is 13.1 Å². The van der Waals surface area contributed by atoms with Crippen molar-refractivity contribution < 1.29 is 13.2 Å². The highest BCUT2D eigenvalue weighted by Crippen LogP contribution is 2.10. The van der Waals surface area contributed by atoms with Crippen molar-refractivity contribution in [2.24, 2.45) is 0 Å². The molecule has 0 saturated heterocycles. The van der Waals surface area contributed by atoms with E-state index in [1.807, 2.05) is 13.8 Å². The van der Waals surface area contributed by atoms with Crippen molar-refractivity contribution in [3.63, 3.8) is 0 Å². The van der Waals surface area contributed by atoms with Crippen molar-refractivity contribution in [1.29, 1.82) is 0 Å². The number of anilines is 2. The molecule has 0 bridgehead atoms. The summed E-state index contributed by atoms with van der Waals surface area (Å²) in [6.07, 6.45) is -0.0984. The maximum atomic E-state index is 11.4. The van der Waals surface area contributed by atoms with Crippen LogP contribution in [0.5, 0.6) is 6.01 Å². The van der Waals surface area contributed by atoms with Crippen molar-refractivity contribution in [3.05, 3.63) is 0 Å². The molecule has 1 aromatic rings. The van der Waals surface area contributed by atoms with Crippen LogP contribution in [0.25, 0.3) is 0 Å². The van der Waals surface area contributed by atoms with Gasteiger partial charge in [-0.1, -0.05) is 6.92 Å². The summed E-state index contributed by atoms with van der Waals surface area (Å²) in [6.45, 7) is 5.88. The van der Waals surface area contributed by atoms with Crippen LogP contribution in [0.1, 0.15) is 20.8 Å². The molecule has 10 heteroatoms. The quantitative estimate of drug-likeness (QED) is 0.590. The first kappa shape index (κ1) is 16.4. The lowest BCUT2D eigenvalue weighted by Gasteiger charge is -2.10. The summed E-state index contributed by atoms with van der Waals surface area (Å²) in [6, 6.07) is 0.101. The fourth-order valence-electron chi connectivity index (χ4n) is 1.30. The molecule has 0 fully saturated rings. The van der Waals surface area contributed by atoms with E-state index < -0.39 is 10.0 Å². The standard InChI is InChI=1S/C10H20N6O3S/c1-4-13-20(17,18)6-5-12-9-14-8(11)15-10(16-9)19-7(2)3/h7,13H,4-6H2,1-3H3,(H3,11,12,14,15,16). The van der Waals surface area contributed by atoms with Gasteiger partial charge in [0.05, 0.1) is 11.9 Å². The van der Waals surface area contributed by atoms with Gasteiger partial charge in [0, 0.05) is 13.1 Å². The molecule has 1 aromatic heterocycles. The molecule has 0 amide bonds. The summed E-state index contributed by atoms with van der Waals surface area (Å²) in [5.41, 5.74) is 5.53. The minimum absolute atomic E-state index is 0.00712. The highest BCUT2D eigenvalue weighted by Gasteiger charge is 2.10. The van der Waals surface area contributed by atoms with E-state index in [4.69, 9.17) is 10.5 Å². The zero-order chi connectivity index (χ0) is 15.2. The lowest BCUT2D eigenvalue weighted by Crippen LogP contribution is -2.29. The molecule has 0 radical (unpaired) electrons. The van der Waals surface area contributed by atoms with Gasteiger partial charge in [-0.2, -0.15) is 15.0 Å². The van der Waals surface area contributed by atoms with Gasteiger partial charge in [0.1, 0.15) is 0 Å². The number of ether oxygens (including phenoxy) is 1. The Labute approximate surface area is 118 Å². The van der Waals surface area contributed by atoms with Gasteiger partial charge in [0.2, 0.25) is 21.9 Å². The van der Waals surface area contributed by atoms with Crippen molar-refractivity contribution in [3.8, 4) is 6.01 Å². The lowest BCUT2D eigenvalue weighted by atomic mass is 10.5. The Morgan fingerprint density at radius 1 is 1.30 bits per heavy atom. The Kier molecular flexibility index (Phi) is 5.89. The maximum Gasteiger partial charge on any atom is 0.323 e. The first-order valence-electron chi connectivity index (χ1n) is 6.22. The summed E-state index contributed by atoms with van der Waals surface area (Å²) in [5, 5.41) is 2.77. The Hall–Kier alpha value is -1.68. The van der Waals surface area contributed by atoms with Gasteiger partial charge in [0.15, 0.2) is 0 Å². The molecule has 4 N–H and O–H groups in total.